The summed E-state index contributed by atoms with van der Waals surface area (Å²) in [6, 6.07) is -0.132. The summed E-state index contributed by atoms with van der Waals surface area (Å²) in [6.07, 6.45) is 4.65. The number of aromatic nitrogens is 2. The maximum atomic E-state index is 11.5. The number of imidazole rings is 1. The quantitative estimate of drug-likeness (QED) is 0.707. The largest absolute Gasteiger partial charge is 0.329 e. The summed E-state index contributed by atoms with van der Waals surface area (Å²) in [5.41, 5.74) is 5.57. The Hall–Kier alpha value is -1.36. The Morgan fingerprint density at radius 1 is 1.77 bits per heavy atom. The Kier molecular flexibility index (Phi) is 3.02. The number of nitrogens with zero attached hydrogens (tertiary/aromatic N) is 3. The van der Waals surface area contributed by atoms with Gasteiger partial charge in [0.15, 0.2) is 0 Å². The summed E-state index contributed by atoms with van der Waals surface area (Å²) in [4.78, 5) is 16.9. The van der Waals surface area contributed by atoms with Crippen LogP contribution in [0.3, 0.4) is 0 Å². The van der Waals surface area contributed by atoms with Gasteiger partial charge in [-0.1, -0.05) is 0 Å². The van der Waals surface area contributed by atoms with Crippen LogP contribution >= 0.6 is 0 Å². The first-order valence-corrected chi connectivity index (χ1v) is 4.10. The van der Waals surface area contributed by atoms with Gasteiger partial charge in [-0.05, 0) is 6.92 Å². The Balaban J connectivity index is 2.58. The highest BCUT2D eigenvalue weighted by atomic mass is 16.2. The molecule has 2 N–H and O–H groups in total. The molecule has 5 heteroatoms. The summed E-state index contributed by atoms with van der Waals surface area (Å²) in [7, 11) is 1.71. The van der Waals surface area contributed by atoms with Crippen LogP contribution < -0.4 is 5.73 Å². The van der Waals surface area contributed by atoms with Gasteiger partial charge in [-0.2, -0.15) is 0 Å². The number of amides is 1. The first-order chi connectivity index (χ1) is 6.11. The van der Waals surface area contributed by atoms with Gasteiger partial charge in [0, 0.05) is 32.0 Å². The number of likely N-dealkylation sites (N-methyl/N-ethyl adjacent to an activating group) is 1. The maximum absolute atomic E-state index is 11.5. The molecule has 72 valence electrons. The molecular formula is C8H14N4O. The van der Waals surface area contributed by atoms with Gasteiger partial charge in [0.2, 0.25) is 0 Å². The second-order valence-electron chi connectivity index (χ2n) is 3.11. The third kappa shape index (κ3) is 2.55. The van der Waals surface area contributed by atoms with Crippen LogP contribution in [0.2, 0.25) is 0 Å². The molecule has 0 fully saturated rings. The predicted molar refractivity (Wildman–Crippen MR) is 49.3 cm³/mol. The second kappa shape index (κ2) is 4.04. The van der Waals surface area contributed by atoms with Gasteiger partial charge in [-0.25, -0.2) is 9.78 Å². The van der Waals surface area contributed by atoms with E-state index >= 15 is 0 Å². The Labute approximate surface area is 77.2 Å². The zero-order chi connectivity index (χ0) is 9.84. The van der Waals surface area contributed by atoms with E-state index in [1.54, 1.807) is 24.3 Å². The van der Waals surface area contributed by atoms with E-state index in [2.05, 4.69) is 4.98 Å². The Morgan fingerprint density at radius 3 is 2.92 bits per heavy atom. The van der Waals surface area contributed by atoms with E-state index in [-0.39, 0.29) is 12.1 Å². The lowest BCUT2D eigenvalue weighted by Gasteiger charge is -2.18. The molecule has 13 heavy (non-hydrogen) atoms. The van der Waals surface area contributed by atoms with Crippen molar-refractivity contribution in [3.8, 4) is 0 Å². The van der Waals surface area contributed by atoms with Crippen molar-refractivity contribution in [2.24, 2.45) is 5.73 Å². The minimum atomic E-state index is -0.116. The molecule has 5 nitrogen and oxygen atoms in total. The molecule has 0 aromatic carbocycles. The van der Waals surface area contributed by atoms with Crippen molar-refractivity contribution < 1.29 is 4.79 Å². The first-order valence-electron chi connectivity index (χ1n) is 4.10. The summed E-state index contributed by atoms with van der Waals surface area (Å²) >= 11 is 0. The predicted octanol–water partition coefficient (Wildman–Crippen LogP) is 0.130. The molecule has 0 aliphatic carbocycles. The fourth-order valence-electron chi connectivity index (χ4n) is 1.08. The van der Waals surface area contributed by atoms with Gasteiger partial charge < -0.3 is 10.6 Å². The normalized spacial score (nSPS) is 12.5. The summed E-state index contributed by atoms with van der Waals surface area (Å²) < 4.78 is 1.42. The highest BCUT2D eigenvalue weighted by molar-refractivity contribution is 5.76. The molecule has 1 unspecified atom stereocenters. The summed E-state index contributed by atoms with van der Waals surface area (Å²) in [6.45, 7) is 2.40. The molecular weight excluding hydrogens is 168 g/mol. The number of hydrogen-bond donors (Lipinski definition) is 1. The zero-order valence-corrected chi connectivity index (χ0v) is 7.84. The number of hydrogen-bond acceptors (Lipinski definition) is 3. The van der Waals surface area contributed by atoms with Crippen LogP contribution in [0, 0.1) is 0 Å². The number of nitrogens with two attached hydrogens (primary N) is 1. The zero-order valence-electron chi connectivity index (χ0n) is 7.84. The minimum Gasteiger partial charge on any atom is -0.326 e. The average molecular weight is 182 g/mol. The topological polar surface area (TPSA) is 64.2 Å². The second-order valence-corrected chi connectivity index (χ2v) is 3.11. The van der Waals surface area contributed by atoms with E-state index in [1.165, 1.54) is 10.9 Å². The smallest absolute Gasteiger partial charge is 0.326 e. The van der Waals surface area contributed by atoms with Crippen LogP contribution in [-0.4, -0.2) is 40.1 Å². The third-order valence-electron chi connectivity index (χ3n) is 1.61. The molecule has 1 amide bonds. The SMILES string of the molecule is CC(N)CN(C)C(=O)n1ccnc1. The standard InChI is InChI=1S/C8H14N4O/c1-7(9)5-11(2)8(13)12-4-3-10-6-12/h3-4,6-7H,5,9H2,1-2H3. The minimum absolute atomic E-state index is 0.0162. The van der Waals surface area contributed by atoms with E-state index in [1.807, 2.05) is 6.92 Å². The maximum Gasteiger partial charge on any atom is 0.329 e. The monoisotopic (exact) mass is 182 g/mol. The van der Waals surface area contributed by atoms with Crippen LogP contribution in [-0.2, 0) is 0 Å². The van der Waals surface area contributed by atoms with Gasteiger partial charge in [-0.15, -0.1) is 0 Å². The van der Waals surface area contributed by atoms with E-state index in [0.717, 1.165) is 0 Å². The molecule has 0 bridgehead atoms. The molecule has 1 heterocycles. The van der Waals surface area contributed by atoms with E-state index in [9.17, 15) is 4.79 Å². The first kappa shape index (κ1) is 9.73. The molecule has 1 aromatic rings. The van der Waals surface area contributed by atoms with Gasteiger partial charge in [0.05, 0.1) is 0 Å². The summed E-state index contributed by atoms with van der Waals surface area (Å²) in [5, 5.41) is 0. The van der Waals surface area contributed by atoms with E-state index in [4.69, 9.17) is 5.73 Å². The van der Waals surface area contributed by atoms with Crippen LogP contribution in [0.4, 0.5) is 4.79 Å². The van der Waals surface area contributed by atoms with E-state index < -0.39 is 0 Å². The van der Waals surface area contributed by atoms with Crippen molar-refractivity contribution in [1.82, 2.24) is 14.5 Å². The van der Waals surface area contributed by atoms with Crippen molar-refractivity contribution in [3.63, 3.8) is 0 Å². The molecule has 1 rings (SSSR count). The van der Waals surface area contributed by atoms with Crippen molar-refractivity contribution in [1.29, 1.82) is 0 Å². The molecule has 1 atom stereocenters. The molecule has 0 radical (unpaired) electrons. The lowest BCUT2D eigenvalue weighted by atomic mass is 10.3. The molecule has 1 aromatic heterocycles. The lowest BCUT2D eigenvalue weighted by molar-refractivity contribution is 0.208. The van der Waals surface area contributed by atoms with Crippen LogP contribution in [0.15, 0.2) is 18.7 Å². The molecule has 0 spiro atoms. The highest BCUT2D eigenvalue weighted by Crippen LogP contribution is 1.94. The Morgan fingerprint density at radius 2 is 2.46 bits per heavy atom. The van der Waals surface area contributed by atoms with Crippen LogP contribution in [0.1, 0.15) is 6.92 Å². The fourth-order valence-corrected chi connectivity index (χ4v) is 1.08. The van der Waals surface area contributed by atoms with Crippen LogP contribution in [0.5, 0.6) is 0 Å². The van der Waals surface area contributed by atoms with Crippen LogP contribution in [0.25, 0.3) is 0 Å². The number of carbonyl (C=O) groups is 1. The van der Waals surface area contributed by atoms with Crippen molar-refractivity contribution >= 4 is 6.03 Å². The lowest BCUT2D eigenvalue weighted by Crippen LogP contribution is -2.38. The average Bonchev–Trinajstić information content (AvgIpc) is 2.53. The highest BCUT2D eigenvalue weighted by Gasteiger charge is 2.10. The Bertz CT molecular complexity index is 268. The van der Waals surface area contributed by atoms with Gasteiger partial charge in [-0.3, -0.25) is 4.57 Å². The molecule has 0 aliphatic heterocycles. The molecule has 0 aliphatic rings. The number of carbonyl (C=O) groups excluding carboxylic acids is 1. The molecule has 0 saturated carbocycles. The van der Waals surface area contributed by atoms with Gasteiger partial charge in [0.1, 0.15) is 6.33 Å². The van der Waals surface area contributed by atoms with Crippen molar-refractivity contribution in [2.75, 3.05) is 13.6 Å². The molecule has 0 saturated heterocycles. The summed E-state index contributed by atoms with van der Waals surface area (Å²) in [5.74, 6) is 0. The van der Waals surface area contributed by atoms with E-state index in [0.29, 0.717) is 6.54 Å². The van der Waals surface area contributed by atoms with Gasteiger partial charge in [0.25, 0.3) is 0 Å². The number of rotatable bonds is 2. The fraction of sp³-hybridized carbons (Fsp3) is 0.500. The van der Waals surface area contributed by atoms with Crippen molar-refractivity contribution in [2.45, 2.75) is 13.0 Å². The van der Waals surface area contributed by atoms with Gasteiger partial charge >= 0.3 is 6.03 Å². The third-order valence-corrected chi connectivity index (χ3v) is 1.61. The van der Waals surface area contributed by atoms with Crippen molar-refractivity contribution in [3.05, 3.63) is 18.7 Å².